The molecule has 1 N–H and O–H groups in total. The van der Waals surface area contributed by atoms with E-state index in [1.807, 2.05) is 0 Å². The van der Waals surface area contributed by atoms with E-state index >= 15 is 0 Å². The Balaban J connectivity index is 2.23. The Labute approximate surface area is 114 Å². The molecular formula is C14H23BrN2. The standard InChI is InChI=1S/C14H23BrN2/c1-4-17(3)11-12(2)16-9-8-13-6-5-7-14(15)10-13/h5-7,10,12,16H,4,8-9,11H2,1-3H3. The van der Waals surface area contributed by atoms with E-state index in [-0.39, 0.29) is 0 Å². The minimum Gasteiger partial charge on any atom is -0.313 e. The Bertz CT molecular complexity index is 328. The van der Waals surface area contributed by atoms with E-state index in [4.69, 9.17) is 0 Å². The lowest BCUT2D eigenvalue weighted by Crippen LogP contribution is -2.38. The fourth-order valence-electron chi connectivity index (χ4n) is 1.82. The van der Waals surface area contributed by atoms with Crippen LogP contribution in [0.25, 0.3) is 0 Å². The van der Waals surface area contributed by atoms with Crippen molar-refractivity contribution in [2.45, 2.75) is 26.3 Å². The molecule has 0 aromatic heterocycles. The topological polar surface area (TPSA) is 15.3 Å². The highest BCUT2D eigenvalue weighted by atomic mass is 79.9. The highest BCUT2D eigenvalue weighted by Crippen LogP contribution is 2.11. The monoisotopic (exact) mass is 298 g/mol. The van der Waals surface area contributed by atoms with Gasteiger partial charge in [-0.05, 0) is 51.2 Å². The fourth-order valence-corrected chi connectivity index (χ4v) is 2.26. The van der Waals surface area contributed by atoms with Crippen LogP contribution in [0.3, 0.4) is 0 Å². The molecule has 0 aliphatic carbocycles. The molecule has 0 saturated heterocycles. The van der Waals surface area contributed by atoms with Gasteiger partial charge in [-0.3, -0.25) is 0 Å². The van der Waals surface area contributed by atoms with E-state index in [1.54, 1.807) is 0 Å². The van der Waals surface area contributed by atoms with Crippen molar-refractivity contribution in [2.75, 3.05) is 26.7 Å². The van der Waals surface area contributed by atoms with Gasteiger partial charge in [0, 0.05) is 17.1 Å². The number of nitrogens with one attached hydrogen (secondary N) is 1. The summed E-state index contributed by atoms with van der Waals surface area (Å²) in [6.07, 6.45) is 1.08. The van der Waals surface area contributed by atoms with E-state index in [0.29, 0.717) is 6.04 Å². The van der Waals surface area contributed by atoms with Crippen LogP contribution in [0.5, 0.6) is 0 Å². The molecule has 0 bridgehead atoms. The molecule has 3 heteroatoms. The number of rotatable bonds is 7. The summed E-state index contributed by atoms with van der Waals surface area (Å²) in [6.45, 7) is 7.68. The number of benzene rings is 1. The van der Waals surface area contributed by atoms with Crippen LogP contribution < -0.4 is 5.32 Å². The van der Waals surface area contributed by atoms with E-state index in [9.17, 15) is 0 Å². The lowest BCUT2D eigenvalue weighted by molar-refractivity contribution is 0.311. The summed E-state index contributed by atoms with van der Waals surface area (Å²) in [5.41, 5.74) is 1.38. The molecule has 1 aromatic rings. The second-order valence-electron chi connectivity index (χ2n) is 4.59. The first-order chi connectivity index (χ1) is 8.11. The first-order valence-electron chi connectivity index (χ1n) is 6.28. The SMILES string of the molecule is CCN(C)CC(C)NCCc1cccc(Br)c1. The van der Waals surface area contributed by atoms with Crippen LogP contribution in [0.1, 0.15) is 19.4 Å². The van der Waals surface area contributed by atoms with Gasteiger partial charge >= 0.3 is 0 Å². The van der Waals surface area contributed by atoms with Crippen molar-refractivity contribution in [2.24, 2.45) is 0 Å². The van der Waals surface area contributed by atoms with E-state index in [2.05, 4.69) is 71.3 Å². The maximum Gasteiger partial charge on any atom is 0.0178 e. The van der Waals surface area contributed by atoms with Crippen molar-refractivity contribution >= 4 is 15.9 Å². The van der Waals surface area contributed by atoms with Gasteiger partial charge in [-0.25, -0.2) is 0 Å². The van der Waals surface area contributed by atoms with E-state index in [0.717, 1.165) is 30.5 Å². The van der Waals surface area contributed by atoms with Crippen molar-refractivity contribution < 1.29 is 0 Å². The number of nitrogens with zero attached hydrogens (tertiary/aromatic N) is 1. The van der Waals surface area contributed by atoms with Crippen LogP contribution >= 0.6 is 15.9 Å². The van der Waals surface area contributed by atoms with Gasteiger partial charge in [0.05, 0.1) is 0 Å². The minimum atomic E-state index is 0.548. The fraction of sp³-hybridized carbons (Fsp3) is 0.571. The first-order valence-corrected chi connectivity index (χ1v) is 7.07. The third-order valence-corrected chi connectivity index (χ3v) is 3.41. The second-order valence-corrected chi connectivity index (χ2v) is 5.51. The quantitative estimate of drug-likeness (QED) is 0.833. The minimum absolute atomic E-state index is 0.548. The summed E-state index contributed by atoms with van der Waals surface area (Å²) >= 11 is 3.50. The zero-order valence-corrected chi connectivity index (χ0v) is 12.6. The Morgan fingerprint density at radius 2 is 2.18 bits per heavy atom. The lowest BCUT2D eigenvalue weighted by Gasteiger charge is -2.20. The molecule has 17 heavy (non-hydrogen) atoms. The third-order valence-electron chi connectivity index (χ3n) is 2.92. The highest BCUT2D eigenvalue weighted by molar-refractivity contribution is 9.10. The summed E-state index contributed by atoms with van der Waals surface area (Å²) in [6, 6.07) is 9.07. The van der Waals surface area contributed by atoms with Gasteiger partial charge in [-0.15, -0.1) is 0 Å². The van der Waals surface area contributed by atoms with Crippen LogP contribution in [0, 0.1) is 0 Å². The van der Waals surface area contributed by atoms with Gasteiger partial charge < -0.3 is 10.2 Å². The average Bonchev–Trinajstić information content (AvgIpc) is 2.29. The maximum absolute atomic E-state index is 3.56. The number of likely N-dealkylation sites (N-methyl/N-ethyl adjacent to an activating group) is 1. The first kappa shape index (κ1) is 14.7. The third kappa shape index (κ3) is 6.20. The van der Waals surface area contributed by atoms with E-state index in [1.165, 1.54) is 5.56 Å². The molecule has 1 aromatic carbocycles. The van der Waals surface area contributed by atoms with Crippen molar-refractivity contribution in [3.63, 3.8) is 0 Å². The van der Waals surface area contributed by atoms with Gasteiger partial charge in [-0.2, -0.15) is 0 Å². The molecule has 0 aliphatic rings. The molecule has 0 aliphatic heterocycles. The van der Waals surface area contributed by atoms with Gasteiger partial charge in [0.1, 0.15) is 0 Å². The normalized spacial score (nSPS) is 13.0. The van der Waals surface area contributed by atoms with Crippen LogP contribution in [-0.4, -0.2) is 37.6 Å². The summed E-state index contributed by atoms with van der Waals surface area (Å²) in [7, 11) is 2.16. The van der Waals surface area contributed by atoms with Gasteiger partial charge in [-0.1, -0.05) is 35.0 Å². The summed E-state index contributed by atoms with van der Waals surface area (Å²) in [5, 5.41) is 3.56. The Morgan fingerprint density at radius 1 is 1.41 bits per heavy atom. The largest absolute Gasteiger partial charge is 0.313 e. The zero-order chi connectivity index (χ0) is 12.7. The second kappa shape index (κ2) is 7.85. The molecule has 0 radical (unpaired) electrons. The lowest BCUT2D eigenvalue weighted by atomic mass is 10.1. The number of hydrogen-bond donors (Lipinski definition) is 1. The molecule has 0 spiro atoms. The molecule has 1 atom stereocenters. The highest BCUT2D eigenvalue weighted by Gasteiger charge is 2.03. The maximum atomic E-state index is 3.56. The molecule has 0 amide bonds. The predicted molar refractivity (Wildman–Crippen MR) is 78.5 cm³/mol. The zero-order valence-electron chi connectivity index (χ0n) is 11.0. The van der Waals surface area contributed by atoms with Crippen molar-refractivity contribution in [3.8, 4) is 0 Å². The number of hydrogen-bond acceptors (Lipinski definition) is 2. The average molecular weight is 299 g/mol. The molecule has 0 fully saturated rings. The van der Waals surface area contributed by atoms with Crippen molar-refractivity contribution in [1.82, 2.24) is 10.2 Å². The van der Waals surface area contributed by atoms with Gasteiger partial charge in [0.25, 0.3) is 0 Å². The number of halogens is 1. The molecule has 1 rings (SSSR count). The molecule has 0 heterocycles. The molecule has 2 nitrogen and oxygen atoms in total. The molecular weight excluding hydrogens is 276 g/mol. The van der Waals surface area contributed by atoms with Crippen LogP contribution in [-0.2, 0) is 6.42 Å². The predicted octanol–water partition coefficient (Wildman–Crippen LogP) is 2.92. The van der Waals surface area contributed by atoms with Crippen molar-refractivity contribution in [1.29, 1.82) is 0 Å². The van der Waals surface area contributed by atoms with Gasteiger partial charge in [0.15, 0.2) is 0 Å². The molecule has 0 saturated carbocycles. The van der Waals surface area contributed by atoms with Crippen LogP contribution in [0.4, 0.5) is 0 Å². The summed E-state index contributed by atoms with van der Waals surface area (Å²) < 4.78 is 1.16. The molecule has 1 unspecified atom stereocenters. The molecule has 96 valence electrons. The summed E-state index contributed by atoms with van der Waals surface area (Å²) in [5.74, 6) is 0. The van der Waals surface area contributed by atoms with E-state index < -0.39 is 0 Å². The Hall–Kier alpha value is -0.380. The van der Waals surface area contributed by atoms with Gasteiger partial charge in [0.2, 0.25) is 0 Å². The Kier molecular flexibility index (Phi) is 6.78. The van der Waals surface area contributed by atoms with Crippen LogP contribution in [0.2, 0.25) is 0 Å². The Morgan fingerprint density at radius 3 is 2.82 bits per heavy atom. The summed E-state index contributed by atoms with van der Waals surface area (Å²) in [4.78, 5) is 2.33. The van der Waals surface area contributed by atoms with Crippen LogP contribution in [0.15, 0.2) is 28.7 Å². The van der Waals surface area contributed by atoms with Crippen molar-refractivity contribution in [3.05, 3.63) is 34.3 Å². The smallest absolute Gasteiger partial charge is 0.0178 e.